The van der Waals surface area contributed by atoms with Crippen LogP contribution in [0.25, 0.3) is 5.69 Å². The van der Waals surface area contributed by atoms with E-state index in [1.807, 2.05) is 30.7 Å². The molecule has 0 aliphatic rings. The van der Waals surface area contributed by atoms with Gasteiger partial charge in [-0.1, -0.05) is 0 Å². The molecule has 0 unspecified atom stereocenters. The molecule has 0 aromatic carbocycles. The highest BCUT2D eigenvalue weighted by Crippen LogP contribution is 2.11. The summed E-state index contributed by atoms with van der Waals surface area (Å²) in [5.74, 6) is -0.0385. The summed E-state index contributed by atoms with van der Waals surface area (Å²) < 4.78 is 1.81. The quantitative estimate of drug-likeness (QED) is 0.582. The second kappa shape index (κ2) is 3.77. The fraction of sp³-hybridized carbons (Fsp3) is 0.182. The molecule has 0 bridgehead atoms. The Balaban J connectivity index is 2.52. The van der Waals surface area contributed by atoms with Gasteiger partial charge < -0.3 is 5.73 Å². The Labute approximate surface area is 93.4 Å². The molecule has 0 radical (unpaired) electrons. The lowest BCUT2D eigenvalue weighted by Crippen LogP contribution is -2.13. The van der Waals surface area contributed by atoms with Crippen LogP contribution in [-0.2, 0) is 0 Å². The molecule has 2 rings (SSSR count). The zero-order valence-corrected chi connectivity index (χ0v) is 9.23. The molecule has 5 nitrogen and oxygen atoms in total. The van der Waals surface area contributed by atoms with Crippen molar-refractivity contribution in [2.45, 2.75) is 13.8 Å². The number of hydrogen-bond acceptors (Lipinski definition) is 3. The number of nitrogen functional groups attached to an aromatic ring is 1. The predicted octanol–water partition coefficient (Wildman–Crippen LogP) is 1.17. The second-order valence-electron chi connectivity index (χ2n) is 3.65. The number of nitrogens with one attached hydrogen (secondary N) is 1. The van der Waals surface area contributed by atoms with Crippen LogP contribution in [0.3, 0.4) is 0 Å². The molecule has 3 N–H and O–H groups in total. The van der Waals surface area contributed by atoms with Crippen molar-refractivity contribution in [3.63, 3.8) is 0 Å². The lowest BCUT2D eigenvalue weighted by atomic mass is 10.3. The van der Waals surface area contributed by atoms with Gasteiger partial charge in [0, 0.05) is 11.9 Å². The van der Waals surface area contributed by atoms with Crippen LogP contribution in [0.4, 0.5) is 0 Å². The Morgan fingerprint density at radius 1 is 1.38 bits per heavy atom. The van der Waals surface area contributed by atoms with Gasteiger partial charge in [0.1, 0.15) is 11.5 Å². The fourth-order valence-electron chi connectivity index (χ4n) is 1.59. The van der Waals surface area contributed by atoms with E-state index >= 15 is 0 Å². The number of pyridine rings is 1. The molecular formula is C11H13N5. The monoisotopic (exact) mass is 215 g/mol. The van der Waals surface area contributed by atoms with Crippen molar-refractivity contribution in [1.82, 2.24) is 14.8 Å². The number of nitrogens with zero attached hydrogens (tertiary/aromatic N) is 3. The summed E-state index contributed by atoms with van der Waals surface area (Å²) in [5, 5.41) is 11.7. The van der Waals surface area contributed by atoms with Gasteiger partial charge in [0.25, 0.3) is 0 Å². The van der Waals surface area contributed by atoms with E-state index in [9.17, 15) is 0 Å². The zero-order chi connectivity index (χ0) is 11.7. The van der Waals surface area contributed by atoms with E-state index < -0.39 is 0 Å². The van der Waals surface area contributed by atoms with E-state index in [2.05, 4.69) is 10.1 Å². The minimum absolute atomic E-state index is 0.0385. The van der Waals surface area contributed by atoms with Crippen molar-refractivity contribution < 1.29 is 0 Å². The molecule has 0 fully saturated rings. The third kappa shape index (κ3) is 1.79. The first-order valence-corrected chi connectivity index (χ1v) is 4.92. The number of nitrogens with two attached hydrogens (primary N) is 1. The lowest BCUT2D eigenvalue weighted by molar-refractivity contribution is 0.831. The van der Waals surface area contributed by atoms with Crippen molar-refractivity contribution in [1.29, 1.82) is 5.41 Å². The first-order chi connectivity index (χ1) is 7.58. The van der Waals surface area contributed by atoms with Crippen molar-refractivity contribution in [3.05, 3.63) is 41.5 Å². The van der Waals surface area contributed by atoms with Crippen molar-refractivity contribution >= 4 is 5.84 Å². The summed E-state index contributed by atoms with van der Waals surface area (Å²) >= 11 is 0. The average molecular weight is 215 g/mol. The van der Waals surface area contributed by atoms with E-state index in [1.165, 1.54) is 0 Å². The molecule has 0 amide bonds. The largest absolute Gasteiger partial charge is 0.382 e. The maximum Gasteiger partial charge on any atom is 0.141 e. The summed E-state index contributed by atoms with van der Waals surface area (Å²) in [6.07, 6.45) is 1.63. The highest BCUT2D eigenvalue weighted by molar-refractivity contribution is 5.93. The molecule has 0 atom stereocenters. The summed E-state index contributed by atoms with van der Waals surface area (Å²) in [7, 11) is 0. The molecule has 0 aliphatic heterocycles. The second-order valence-corrected chi connectivity index (χ2v) is 3.65. The van der Waals surface area contributed by atoms with Gasteiger partial charge in [0.05, 0.1) is 11.4 Å². The van der Waals surface area contributed by atoms with Crippen LogP contribution in [0.15, 0.2) is 24.4 Å². The topological polar surface area (TPSA) is 80.6 Å². The standard InChI is InChI=1S/C11H13N5/c1-7-5-8(2)16(15-7)9-3-4-14-10(6-9)11(12)13/h3-6H,1-2H3,(H3,12,13). The number of aryl methyl sites for hydroxylation is 2. The van der Waals surface area contributed by atoms with Gasteiger partial charge in [-0.3, -0.25) is 10.4 Å². The van der Waals surface area contributed by atoms with E-state index in [-0.39, 0.29) is 5.84 Å². The zero-order valence-electron chi connectivity index (χ0n) is 9.23. The average Bonchev–Trinajstić information content (AvgIpc) is 2.58. The Bertz CT molecular complexity index is 541. The third-order valence-corrected chi connectivity index (χ3v) is 2.27. The molecule has 0 aliphatic carbocycles. The molecule has 2 aromatic heterocycles. The van der Waals surface area contributed by atoms with Crippen molar-refractivity contribution in [2.75, 3.05) is 0 Å². The van der Waals surface area contributed by atoms with Crippen LogP contribution in [0.5, 0.6) is 0 Å². The molecule has 5 heteroatoms. The first kappa shape index (κ1) is 10.4. The maximum absolute atomic E-state index is 7.34. The summed E-state index contributed by atoms with van der Waals surface area (Å²) in [5.41, 5.74) is 8.72. The Morgan fingerprint density at radius 3 is 2.69 bits per heavy atom. The molecular weight excluding hydrogens is 202 g/mol. The SMILES string of the molecule is Cc1cc(C)n(-c2ccnc(C(=N)N)c2)n1. The van der Waals surface area contributed by atoms with Gasteiger partial charge in [-0.05, 0) is 32.0 Å². The van der Waals surface area contributed by atoms with E-state index in [1.54, 1.807) is 12.3 Å². The summed E-state index contributed by atoms with van der Waals surface area (Å²) in [4.78, 5) is 4.01. The van der Waals surface area contributed by atoms with Gasteiger partial charge in [0.15, 0.2) is 0 Å². The molecule has 0 saturated carbocycles. The predicted molar refractivity (Wildman–Crippen MR) is 61.8 cm³/mol. The van der Waals surface area contributed by atoms with Gasteiger partial charge in [-0.15, -0.1) is 0 Å². The van der Waals surface area contributed by atoms with Crippen LogP contribution in [-0.4, -0.2) is 20.6 Å². The number of aromatic nitrogens is 3. The van der Waals surface area contributed by atoms with E-state index in [4.69, 9.17) is 11.1 Å². The Kier molecular flexibility index (Phi) is 2.44. The molecule has 2 heterocycles. The molecule has 82 valence electrons. The maximum atomic E-state index is 7.34. The minimum atomic E-state index is -0.0385. The fourth-order valence-corrected chi connectivity index (χ4v) is 1.59. The molecule has 16 heavy (non-hydrogen) atoms. The van der Waals surface area contributed by atoms with Crippen LogP contribution in [0, 0.1) is 19.3 Å². The van der Waals surface area contributed by atoms with Gasteiger partial charge in [0.2, 0.25) is 0 Å². The Morgan fingerprint density at radius 2 is 2.12 bits per heavy atom. The lowest BCUT2D eigenvalue weighted by Gasteiger charge is -2.05. The van der Waals surface area contributed by atoms with Crippen LogP contribution >= 0.6 is 0 Å². The van der Waals surface area contributed by atoms with E-state index in [0.29, 0.717) is 5.69 Å². The highest BCUT2D eigenvalue weighted by Gasteiger charge is 2.05. The van der Waals surface area contributed by atoms with E-state index in [0.717, 1.165) is 17.1 Å². The number of rotatable bonds is 2. The first-order valence-electron chi connectivity index (χ1n) is 4.92. The van der Waals surface area contributed by atoms with Crippen LogP contribution in [0.1, 0.15) is 17.1 Å². The third-order valence-electron chi connectivity index (χ3n) is 2.27. The normalized spacial score (nSPS) is 10.4. The van der Waals surface area contributed by atoms with Crippen LogP contribution < -0.4 is 5.73 Å². The van der Waals surface area contributed by atoms with Gasteiger partial charge >= 0.3 is 0 Å². The Hall–Kier alpha value is -2.17. The van der Waals surface area contributed by atoms with Crippen molar-refractivity contribution in [3.8, 4) is 5.69 Å². The van der Waals surface area contributed by atoms with Crippen molar-refractivity contribution in [2.24, 2.45) is 5.73 Å². The smallest absolute Gasteiger partial charge is 0.141 e. The van der Waals surface area contributed by atoms with Crippen LogP contribution in [0.2, 0.25) is 0 Å². The minimum Gasteiger partial charge on any atom is -0.382 e. The number of amidine groups is 1. The summed E-state index contributed by atoms with van der Waals surface area (Å²) in [6, 6.07) is 5.58. The summed E-state index contributed by atoms with van der Waals surface area (Å²) in [6.45, 7) is 3.92. The molecule has 0 spiro atoms. The van der Waals surface area contributed by atoms with Gasteiger partial charge in [-0.2, -0.15) is 5.10 Å². The highest BCUT2D eigenvalue weighted by atomic mass is 15.3. The van der Waals surface area contributed by atoms with Gasteiger partial charge in [-0.25, -0.2) is 4.68 Å². The molecule has 0 saturated heterocycles. The number of hydrogen-bond donors (Lipinski definition) is 2. The molecule has 2 aromatic rings.